The Morgan fingerprint density at radius 1 is 1.12 bits per heavy atom. The van der Waals surface area contributed by atoms with Crippen molar-refractivity contribution in [3.8, 4) is 0 Å². The molecule has 82 valence electrons. The first kappa shape index (κ1) is 10.8. The smallest absolute Gasteiger partial charge is 0.274 e. The van der Waals surface area contributed by atoms with Crippen LogP contribution in [0.5, 0.6) is 0 Å². The van der Waals surface area contributed by atoms with Gasteiger partial charge in [0.15, 0.2) is 0 Å². The van der Waals surface area contributed by atoms with Crippen molar-refractivity contribution in [2.24, 2.45) is 0 Å². The van der Waals surface area contributed by atoms with E-state index in [0.29, 0.717) is 5.88 Å². The van der Waals surface area contributed by atoms with Gasteiger partial charge in [-0.2, -0.15) is 0 Å². The van der Waals surface area contributed by atoms with Crippen LogP contribution >= 0.6 is 11.8 Å². The lowest BCUT2D eigenvalue weighted by molar-refractivity contribution is 0.843. The molecule has 1 heterocycles. The quantitative estimate of drug-likeness (QED) is 0.825. The van der Waals surface area contributed by atoms with Crippen LogP contribution in [0.3, 0.4) is 0 Å². The van der Waals surface area contributed by atoms with Gasteiger partial charge in [-0.25, -0.2) is 0 Å². The maximum Gasteiger partial charge on any atom is 0.274 e. The molecule has 4 heteroatoms. The highest BCUT2D eigenvalue weighted by Crippen LogP contribution is 2.18. The Hall–Kier alpha value is -1.68. The largest absolute Gasteiger partial charge is 0.394 e. The average Bonchev–Trinajstić information content (AvgIpc) is 2.32. The van der Waals surface area contributed by atoms with Gasteiger partial charge in [0, 0.05) is 11.1 Å². The van der Waals surface area contributed by atoms with Crippen LogP contribution in [0.1, 0.15) is 0 Å². The van der Waals surface area contributed by atoms with Crippen molar-refractivity contribution in [3.63, 3.8) is 0 Å². The number of nitrogens with two attached hydrogens (primary N) is 1. The molecule has 0 amide bonds. The molecule has 2 N–H and O–H groups in total. The van der Waals surface area contributed by atoms with Crippen molar-refractivity contribution in [2.45, 2.75) is 10.8 Å². The summed E-state index contributed by atoms with van der Waals surface area (Å²) in [5.74, 6) is 0.577. The standard InChI is InChI=1S/C12H12N2OS/c13-11-7-4-8-14(12(11)15)9-16-10-5-2-1-3-6-10/h1-8H,9,13H2. The zero-order chi connectivity index (χ0) is 11.4. The van der Waals surface area contributed by atoms with E-state index in [9.17, 15) is 4.79 Å². The van der Waals surface area contributed by atoms with Gasteiger partial charge in [-0.3, -0.25) is 4.79 Å². The Balaban J connectivity index is 2.11. The molecule has 2 aromatic rings. The third kappa shape index (κ3) is 2.46. The van der Waals surface area contributed by atoms with E-state index in [1.807, 2.05) is 30.3 Å². The number of benzene rings is 1. The molecular weight excluding hydrogens is 220 g/mol. The third-order valence-electron chi connectivity index (χ3n) is 2.16. The van der Waals surface area contributed by atoms with E-state index < -0.39 is 0 Å². The summed E-state index contributed by atoms with van der Waals surface area (Å²) in [5, 5.41) is 0. The lowest BCUT2D eigenvalue weighted by Crippen LogP contribution is -2.20. The highest BCUT2D eigenvalue weighted by molar-refractivity contribution is 7.98. The fourth-order valence-electron chi connectivity index (χ4n) is 1.32. The summed E-state index contributed by atoms with van der Waals surface area (Å²) in [5.41, 5.74) is 5.70. The normalized spacial score (nSPS) is 10.2. The molecule has 0 aliphatic carbocycles. The second-order valence-corrected chi connectivity index (χ2v) is 4.34. The van der Waals surface area contributed by atoms with Gasteiger partial charge in [-0.1, -0.05) is 18.2 Å². The number of pyridine rings is 1. The lowest BCUT2D eigenvalue weighted by atomic mass is 10.4. The lowest BCUT2D eigenvalue weighted by Gasteiger charge is -2.05. The van der Waals surface area contributed by atoms with Crippen molar-refractivity contribution in [2.75, 3.05) is 5.73 Å². The van der Waals surface area contributed by atoms with Crippen molar-refractivity contribution in [1.29, 1.82) is 0 Å². The summed E-state index contributed by atoms with van der Waals surface area (Å²) in [6.45, 7) is 0. The number of nitrogen functional groups attached to an aromatic ring is 1. The fourth-order valence-corrected chi connectivity index (χ4v) is 2.16. The Kier molecular flexibility index (Phi) is 3.31. The highest BCUT2D eigenvalue weighted by Gasteiger charge is 1.99. The van der Waals surface area contributed by atoms with Crippen LogP contribution in [0.4, 0.5) is 5.69 Å². The van der Waals surface area contributed by atoms with Gasteiger partial charge >= 0.3 is 0 Å². The number of thioether (sulfide) groups is 1. The van der Waals surface area contributed by atoms with Gasteiger partial charge in [0.1, 0.15) is 0 Å². The molecule has 1 aromatic heterocycles. The maximum atomic E-state index is 11.6. The van der Waals surface area contributed by atoms with Crippen LogP contribution in [-0.2, 0) is 5.88 Å². The van der Waals surface area contributed by atoms with E-state index in [1.165, 1.54) is 0 Å². The average molecular weight is 232 g/mol. The molecule has 0 saturated carbocycles. The first-order valence-electron chi connectivity index (χ1n) is 4.90. The van der Waals surface area contributed by atoms with Crippen LogP contribution < -0.4 is 11.3 Å². The van der Waals surface area contributed by atoms with Crippen LogP contribution in [0.15, 0.2) is 58.4 Å². The third-order valence-corrected chi connectivity index (χ3v) is 3.18. The predicted octanol–water partition coefficient (Wildman–Crippen LogP) is 2.18. The van der Waals surface area contributed by atoms with Crippen LogP contribution in [0.25, 0.3) is 0 Å². The predicted molar refractivity (Wildman–Crippen MR) is 67.4 cm³/mol. The van der Waals surface area contributed by atoms with Crippen LogP contribution in [-0.4, -0.2) is 4.57 Å². The Morgan fingerprint density at radius 2 is 1.88 bits per heavy atom. The molecule has 0 aliphatic rings. The molecule has 0 spiro atoms. The van der Waals surface area contributed by atoms with E-state index in [2.05, 4.69) is 0 Å². The van der Waals surface area contributed by atoms with Gasteiger partial charge in [-0.05, 0) is 24.3 Å². The number of hydrogen-bond donors (Lipinski definition) is 1. The van der Waals surface area contributed by atoms with E-state index in [4.69, 9.17) is 5.73 Å². The Labute approximate surface area is 97.9 Å². The molecule has 3 nitrogen and oxygen atoms in total. The van der Waals surface area contributed by atoms with Gasteiger partial charge < -0.3 is 10.3 Å². The second kappa shape index (κ2) is 4.90. The summed E-state index contributed by atoms with van der Waals surface area (Å²) in [7, 11) is 0. The monoisotopic (exact) mass is 232 g/mol. The molecule has 0 unspecified atom stereocenters. The first-order valence-corrected chi connectivity index (χ1v) is 5.89. The fraction of sp³-hybridized carbons (Fsp3) is 0.0833. The molecule has 0 saturated heterocycles. The summed E-state index contributed by atoms with van der Waals surface area (Å²) in [6, 6.07) is 13.4. The van der Waals surface area contributed by atoms with E-state index in [1.54, 1.807) is 34.7 Å². The molecule has 0 atom stereocenters. The molecule has 0 aliphatic heterocycles. The minimum Gasteiger partial charge on any atom is -0.394 e. The maximum absolute atomic E-state index is 11.6. The highest BCUT2D eigenvalue weighted by atomic mass is 32.2. The minimum atomic E-state index is -0.133. The number of aromatic nitrogens is 1. The number of nitrogens with zero attached hydrogens (tertiary/aromatic N) is 1. The van der Waals surface area contributed by atoms with Crippen molar-refractivity contribution >= 4 is 17.4 Å². The van der Waals surface area contributed by atoms with E-state index in [-0.39, 0.29) is 11.2 Å². The minimum absolute atomic E-state index is 0.133. The molecule has 0 fully saturated rings. The molecule has 2 rings (SSSR count). The van der Waals surface area contributed by atoms with Crippen molar-refractivity contribution in [1.82, 2.24) is 4.57 Å². The Morgan fingerprint density at radius 3 is 2.62 bits per heavy atom. The summed E-state index contributed by atoms with van der Waals surface area (Å²) in [6.07, 6.45) is 1.74. The van der Waals surface area contributed by atoms with E-state index >= 15 is 0 Å². The van der Waals surface area contributed by atoms with Crippen LogP contribution in [0.2, 0.25) is 0 Å². The van der Waals surface area contributed by atoms with Crippen molar-refractivity contribution < 1.29 is 0 Å². The summed E-state index contributed by atoms with van der Waals surface area (Å²) in [4.78, 5) is 12.8. The van der Waals surface area contributed by atoms with E-state index in [0.717, 1.165) is 4.90 Å². The second-order valence-electron chi connectivity index (χ2n) is 3.32. The SMILES string of the molecule is Nc1cccn(CSc2ccccc2)c1=O. The van der Waals surface area contributed by atoms with Gasteiger partial charge in [-0.15, -0.1) is 11.8 Å². The Bertz CT molecular complexity index is 522. The zero-order valence-electron chi connectivity index (χ0n) is 8.67. The van der Waals surface area contributed by atoms with Gasteiger partial charge in [0.05, 0.1) is 11.6 Å². The number of rotatable bonds is 3. The zero-order valence-corrected chi connectivity index (χ0v) is 9.48. The molecule has 0 bridgehead atoms. The molecule has 1 aromatic carbocycles. The first-order chi connectivity index (χ1) is 7.77. The molecule has 0 radical (unpaired) electrons. The topological polar surface area (TPSA) is 48.0 Å². The van der Waals surface area contributed by atoms with Crippen LogP contribution in [0, 0.1) is 0 Å². The van der Waals surface area contributed by atoms with Crippen molar-refractivity contribution in [3.05, 3.63) is 59.0 Å². The van der Waals surface area contributed by atoms with Gasteiger partial charge in [0.2, 0.25) is 0 Å². The number of anilines is 1. The number of hydrogen-bond acceptors (Lipinski definition) is 3. The molecule has 16 heavy (non-hydrogen) atoms. The molecular formula is C12H12N2OS. The summed E-state index contributed by atoms with van der Waals surface area (Å²) >= 11 is 1.60. The van der Waals surface area contributed by atoms with Gasteiger partial charge in [0.25, 0.3) is 5.56 Å². The summed E-state index contributed by atoms with van der Waals surface area (Å²) < 4.78 is 1.60.